The normalized spacial score (nSPS) is 13.4. The molecule has 0 aliphatic heterocycles. The van der Waals surface area contributed by atoms with Gasteiger partial charge in [-0.1, -0.05) is 147 Å². The molecule has 0 bridgehead atoms. The van der Waals surface area contributed by atoms with Gasteiger partial charge in [-0.2, -0.15) is 0 Å². The maximum Gasteiger partial charge on any atom is 0.235 e. The summed E-state index contributed by atoms with van der Waals surface area (Å²) in [5.41, 5.74) is 11.2. The van der Waals surface area contributed by atoms with E-state index in [9.17, 15) is 0 Å². The number of hydrogen-bond donors (Lipinski definition) is 0. The predicted molar refractivity (Wildman–Crippen MR) is 200 cm³/mol. The van der Waals surface area contributed by atoms with Crippen molar-refractivity contribution in [1.29, 1.82) is 0 Å². The van der Waals surface area contributed by atoms with Crippen molar-refractivity contribution in [3.8, 4) is 39.6 Å². The molecule has 1 aliphatic rings. The Morgan fingerprint density at radius 2 is 1.12 bits per heavy atom. The van der Waals surface area contributed by atoms with E-state index >= 15 is 0 Å². The van der Waals surface area contributed by atoms with Gasteiger partial charge in [0.25, 0.3) is 0 Å². The molecular weight excluding hydrogens is 583 g/mol. The Morgan fingerprint density at radius 3 is 1.88 bits per heavy atom. The maximum atomic E-state index is 5.38. The second-order valence-electron chi connectivity index (χ2n) is 13.4. The first-order chi connectivity index (χ1) is 23.6. The average Bonchev–Trinajstić information content (AvgIpc) is 3.48. The van der Waals surface area contributed by atoms with Gasteiger partial charge in [0.15, 0.2) is 0 Å². The van der Waals surface area contributed by atoms with Crippen LogP contribution in [-0.2, 0) is 5.41 Å². The predicted octanol–water partition coefficient (Wildman–Crippen LogP) is 11.5. The molecule has 0 saturated carbocycles. The summed E-state index contributed by atoms with van der Waals surface area (Å²) in [6.45, 7) is 4.71. The number of nitrogens with zero attached hydrogens (tertiary/aromatic N) is 3. The van der Waals surface area contributed by atoms with Crippen molar-refractivity contribution in [2.75, 3.05) is 0 Å². The van der Waals surface area contributed by atoms with Gasteiger partial charge < -0.3 is 0 Å². The Kier molecular flexibility index (Phi) is 5.63. The fourth-order valence-corrected chi connectivity index (χ4v) is 8.15. The highest BCUT2D eigenvalue weighted by Gasteiger charge is 2.35. The van der Waals surface area contributed by atoms with Gasteiger partial charge in [-0.05, 0) is 56.4 Å². The first-order valence-corrected chi connectivity index (χ1v) is 16.6. The third kappa shape index (κ3) is 3.76. The van der Waals surface area contributed by atoms with Gasteiger partial charge in [-0.3, -0.25) is 4.57 Å². The van der Waals surface area contributed by atoms with Crippen LogP contribution in [0.25, 0.3) is 82.9 Å². The third-order valence-corrected chi connectivity index (χ3v) is 10.4. The Labute approximate surface area is 278 Å². The van der Waals surface area contributed by atoms with E-state index in [4.69, 9.17) is 9.97 Å². The van der Waals surface area contributed by atoms with Gasteiger partial charge in [0.2, 0.25) is 5.95 Å². The summed E-state index contributed by atoms with van der Waals surface area (Å²) in [5, 5.41) is 7.46. The highest BCUT2D eigenvalue weighted by molar-refractivity contribution is 6.28. The minimum atomic E-state index is -0.148. The van der Waals surface area contributed by atoms with Crippen LogP contribution in [0, 0.1) is 0 Å². The molecule has 1 aliphatic carbocycles. The summed E-state index contributed by atoms with van der Waals surface area (Å²) in [4.78, 5) is 10.8. The molecule has 48 heavy (non-hydrogen) atoms. The second-order valence-corrected chi connectivity index (χ2v) is 13.4. The van der Waals surface area contributed by atoms with E-state index in [2.05, 4.69) is 158 Å². The molecule has 0 radical (unpaired) electrons. The van der Waals surface area contributed by atoms with E-state index in [-0.39, 0.29) is 5.41 Å². The molecule has 226 valence electrons. The molecule has 7 aromatic carbocycles. The van der Waals surface area contributed by atoms with E-state index in [0.717, 1.165) is 33.5 Å². The van der Waals surface area contributed by atoms with Gasteiger partial charge in [-0.25, -0.2) is 9.97 Å². The quantitative estimate of drug-likeness (QED) is 0.198. The van der Waals surface area contributed by atoms with Crippen LogP contribution >= 0.6 is 0 Å². The van der Waals surface area contributed by atoms with Crippen LogP contribution < -0.4 is 0 Å². The van der Waals surface area contributed by atoms with Crippen molar-refractivity contribution in [1.82, 2.24) is 14.5 Å². The number of fused-ring (bicyclic) bond motifs is 8. The van der Waals surface area contributed by atoms with Crippen molar-refractivity contribution < 1.29 is 0 Å². The van der Waals surface area contributed by atoms with Crippen LogP contribution in [0.15, 0.2) is 152 Å². The Balaban J connectivity index is 1.45. The van der Waals surface area contributed by atoms with E-state index in [1.807, 2.05) is 12.1 Å². The van der Waals surface area contributed by atoms with Gasteiger partial charge in [0.1, 0.15) is 0 Å². The van der Waals surface area contributed by atoms with Crippen molar-refractivity contribution in [2.45, 2.75) is 19.3 Å². The number of benzene rings is 7. The highest BCUT2D eigenvalue weighted by atomic mass is 15.2. The van der Waals surface area contributed by atoms with Crippen molar-refractivity contribution in [2.24, 2.45) is 0 Å². The van der Waals surface area contributed by atoms with Crippen molar-refractivity contribution >= 4 is 43.4 Å². The maximum absolute atomic E-state index is 5.38. The van der Waals surface area contributed by atoms with E-state index in [1.165, 1.54) is 54.6 Å². The second kappa shape index (κ2) is 9.97. The van der Waals surface area contributed by atoms with Gasteiger partial charge in [-0.15, -0.1) is 0 Å². The lowest BCUT2D eigenvalue weighted by atomic mass is 9.68. The third-order valence-electron chi connectivity index (χ3n) is 10.4. The zero-order valence-corrected chi connectivity index (χ0v) is 26.8. The zero-order chi connectivity index (χ0) is 32.0. The Bertz CT molecular complexity index is 2680. The van der Waals surface area contributed by atoms with Gasteiger partial charge >= 0.3 is 0 Å². The van der Waals surface area contributed by atoms with Crippen LogP contribution in [-0.4, -0.2) is 14.5 Å². The summed E-state index contributed by atoms with van der Waals surface area (Å²) in [6, 6.07) is 54.4. The molecule has 0 saturated heterocycles. The van der Waals surface area contributed by atoms with E-state index < -0.39 is 0 Å². The van der Waals surface area contributed by atoms with Crippen molar-refractivity contribution in [3.05, 3.63) is 163 Å². The topological polar surface area (TPSA) is 30.7 Å². The SMILES string of the molecule is CC1(C)c2ccccc2-c2c3c1cccc3cc1c3c4ccccc4ccc3n(-c3nc(-c4ccccc4)cc(-c4ccccc4)n3)c21. The number of hydrogen-bond acceptors (Lipinski definition) is 2. The number of rotatable bonds is 3. The first kappa shape index (κ1) is 27.1. The van der Waals surface area contributed by atoms with Crippen LogP contribution in [0.2, 0.25) is 0 Å². The number of aromatic nitrogens is 3. The van der Waals surface area contributed by atoms with Gasteiger partial charge in [0, 0.05) is 32.9 Å². The molecule has 0 amide bonds. The van der Waals surface area contributed by atoms with E-state index in [1.54, 1.807) is 0 Å². The summed E-state index contributed by atoms with van der Waals surface area (Å²) in [7, 11) is 0. The van der Waals surface area contributed by atoms with Crippen LogP contribution in [0.3, 0.4) is 0 Å². The molecule has 0 atom stereocenters. The molecule has 10 rings (SSSR count). The van der Waals surface area contributed by atoms with Crippen LogP contribution in [0.4, 0.5) is 0 Å². The minimum Gasteiger partial charge on any atom is -0.277 e. The minimum absolute atomic E-state index is 0.148. The average molecular weight is 614 g/mol. The Hall–Kier alpha value is -6.06. The summed E-state index contributed by atoms with van der Waals surface area (Å²) in [6.07, 6.45) is 0. The summed E-state index contributed by atoms with van der Waals surface area (Å²) >= 11 is 0. The summed E-state index contributed by atoms with van der Waals surface area (Å²) < 4.78 is 2.34. The first-order valence-electron chi connectivity index (χ1n) is 16.6. The molecule has 2 aromatic heterocycles. The van der Waals surface area contributed by atoms with E-state index in [0.29, 0.717) is 5.95 Å². The summed E-state index contributed by atoms with van der Waals surface area (Å²) in [5.74, 6) is 0.667. The monoisotopic (exact) mass is 613 g/mol. The Morgan fingerprint density at radius 1 is 0.500 bits per heavy atom. The standard InChI is InChI=1S/C45H31N3/c1-45(2)35-22-12-11-21-33(35)42-40-31(19-13-23-36(40)45)26-34-41-32-20-10-9-14-28(32)24-25-39(41)48(43(34)42)44-46-37(29-15-5-3-6-16-29)27-38(47-44)30-17-7-4-8-18-30/h3-27H,1-2H3. The van der Waals surface area contributed by atoms with Crippen LogP contribution in [0.1, 0.15) is 25.0 Å². The molecule has 3 nitrogen and oxygen atoms in total. The molecule has 2 heterocycles. The lowest BCUT2D eigenvalue weighted by molar-refractivity contribution is 0.645. The zero-order valence-electron chi connectivity index (χ0n) is 26.8. The molecule has 3 heteroatoms. The fourth-order valence-electron chi connectivity index (χ4n) is 8.15. The molecule has 0 fully saturated rings. The lowest BCUT2D eigenvalue weighted by Gasteiger charge is -2.35. The smallest absolute Gasteiger partial charge is 0.235 e. The lowest BCUT2D eigenvalue weighted by Crippen LogP contribution is -2.23. The molecule has 0 N–H and O–H groups in total. The molecule has 9 aromatic rings. The highest BCUT2D eigenvalue weighted by Crippen LogP contribution is 2.53. The molecular formula is C45H31N3. The molecule has 0 unspecified atom stereocenters. The van der Waals surface area contributed by atoms with Crippen LogP contribution in [0.5, 0.6) is 0 Å². The van der Waals surface area contributed by atoms with Crippen molar-refractivity contribution in [3.63, 3.8) is 0 Å². The molecule has 0 spiro atoms. The fraction of sp³-hybridized carbons (Fsp3) is 0.0667. The largest absolute Gasteiger partial charge is 0.277 e. The van der Waals surface area contributed by atoms with Gasteiger partial charge in [0.05, 0.1) is 22.4 Å².